The molecule has 3 amide bonds. The molecular formula is C49H92N7O14P3. The van der Waals surface area contributed by atoms with Crippen LogP contribution < -0.4 is 16.0 Å². The van der Waals surface area contributed by atoms with Crippen molar-refractivity contribution in [3.63, 3.8) is 0 Å². The highest BCUT2D eigenvalue weighted by Gasteiger charge is 2.30. The van der Waals surface area contributed by atoms with Gasteiger partial charge in [0.1, 0.15) is 24.6 Å². The third-order valence-corrected chi connectivity index (χ3v) is 16.8. The van der Waals surface area contributed by atoms with Crippen molar-refractivity contribution in [1.29, 1.82) is 0 Å². The number of phenolic OH excluding ortho intramolecular Hbond substituents is 1. The molecule has 21 nitrogen and oxygen atoms in total. The van der Waals surface area contributed by atoms with Gasteiger partial charge in [0.2, 0.25) is 17.7 Å². The fourth-order valence-electron chi connectivity index (χ4n) is 6.96. The predicted octanol–water partition coefficient (Wildman–Crippen LogP) is 7.50. The van der Waals surface area contributed by atoms with Crippen LogP contribution in [-0.2, 0) is 55.2 Å². The van der Waals surface area contributed by atoms with E-state index in [4.69, 9.17) is 27.1 Å². The van der Waals surface area contributed by atoms with E-state index in [9.17, 15) is 38.0 Å². The molecular weight excluding hydrogens is 1000 g/mol. The quantitative estimate of drug-likeness (QED) is 0.0283. The molecule has 1 heterocycles. The van der Waals surface area contributed by atoms with Gasteiger partial charge in [-0.2, -0.15) is 0 Å². The van der Waals surface area contributed by atoms with Gasteiger partial charge < -0.3 is 48.2 Å². The minimum Gasteiger partial charge on any atom is -0.508 e. The number of carbonyl (C=O) groups excluding carboxylic acids is 4. The summed E-state index contributed by atoms with van der Waals surface area (Å²) in [6.45, 7) is 15.3. The van der Waals surface area contributed by atoms with Crippen molar-refractivity contribution in [1.82, 2.24) is 35.6 Å². The number of nitrogens with one attached hydrogen (secondary N) is 3. The largest absolute Gasteiger partial charge is 0.508 e. The summed E-state index contributed by atoms with van der Waals surface area (Å²) < 4.78 is 75.4. The average molecular weight is 1100 g/mol. The van der Waals surface area contributed by atoms with Gasteiger partial charge in [0.15, 0.2) is 5.78 Å². The number of hydrogen-bond acceptors (Lipinski definition) is 18. The van der Waals surface area contributed by atoms with Crippen LogP contribution in [0.2, 0.25) is 0 Å². The smallest absolute Gasteiger partial charge is 0.349 e. The van der Waals surface area contributed by atoms with E-state index in [0.29, 0.717) is 70.3 Å². The molecule has 1 aliphatic heterocycles. The van der Waals surface area contributed by atoms with Crippen molar-refractivity contribution < 1.29 is 65.1 Å². The molecule has 1 aromatic rings. The van der Waals surface area contributed by atoms with E-state index in [1.165, 1.54) is 12.1 Å². The number of benzene rings is 1. The van der Waals surface area contributed by atoms with E-state index >= 15 is 0 Å². The number of aromatic hydroxyl groups is 1. The molecule has 0 aliphatic carbocycles. The Morgan fingerprint density at radius 3 is 0.890 bits per heavy atom. The second-order valence-electron chi connectivity index (χ2n) is 18.3. The topological polar surface area (TPSA) is 244 Å². The lowest BCUT2D eigenvalue weighted by Gasteiger charge is -2.33. The first-order valence-electron chi connectivity index (χ1n) is 26.7. The molecule has 1 aliphatic rings. The minimum atomic E-state index is -3.66. The Balaban J connectivity index is 2.45. The van der Waals surface area contributed by atoms with Gasteiger partial charge in [0, 0.05) is 57.9 Å². The number of amides is 3. The first-order valence-corrected chi connectivity index (χ1v) is 31.9. The molecule has 0 radical (unpaired) electrons. The first-order chi connectivity index (χ1) is 35.0. The van der Waals surface area contributed by atoms with Crippen LogP contribution in [0.4, 0.5) is 0 Å². The van der Waals surface area contributed by atoms with Gasteiger partial charge in [-0.05, 0) is 62.8 Å². The summed E-state index contributed by atoms with van der Waals surface area (Å²) in [6.07, 6.45) is 8.12. The fourth-order valence-corrected chi connectivity index (χ4v) is 11.3. The van der Waals surface area contributed by atoms with Crippen LogP contribution in [0.15, 0.2) is 24.3 Å². The molecule has 1 aromatic carbocycles. The molecule has 0 saturated carbocycles. The van der Waals surface area contributed by atoms with Crippen LogP contribution in [0, 0.1) is 0 Å². The SMILES string of the molecule is CCCCOP(=O)(CNC(=O)CN1CCN(CC(=O)NCP(=O)(OCCCC)OCCCC)CCN(CC(=O)c2ccc(O)cc2)CCN(CC(=O)NCP(=O)(OCCCC)OCCCC)CC1)OCCCC. The maximum Gasteiger partial charge on any atom is 0.349 e. The molecule has 1 saturated heterocycles. The molecule has 0 spiro atoms. The molecule has 2 rings (SSSR count). The van der Waals surface area contributed by atoms with Gasteiger partial charge in [0.25, 0.3) is 0 Å². The zero-order chi connectivity index (χ0) is 53.8. The fraction of sp³-hybridized carbons (Fsp3) is 0.796. The van der Waals surface area contributed by atoms with E-state index in [-0.39, 0.29) is 122 Å². The van der Waals surface area contributed by atoms with Gasteiger partial charge >= 0.3 is 22.8 Å². The maximum absolute atomic E-state index is 13.7. The van der Waals surface area contributed by atoms with Gasteiger partial charge in [-0.1, -0.05) is 80.1 Å². The van der Waals surface area contributed by atoms with Gasteiger partial charge in [-0.25, -0.2) is 0 Å². The van der Waals surface area contributed by atoms with Crippen molar-refractivity contribution in [2.75, 3.05) is 137 Å². The Kier molecular flexibility index (Phi) is 35.4. The maximum atomic E-state index is 13.7. The van der Waals surface area contributed by atoms with Crippen LogP contribution in [0.25, 0.3) is 0 Å². The summed E-state index contributed by atoms with van der Waals surface area (Å²) in [5.74, 6) is -1.44. The third-order valence-electron chi connectivity index (χ3n) is 11.7. The Bertz CT molecular complexity index is 1740. The molecule has 1 fully saturated rings. The Morgan fingerprint density at radius 1 is 0.425 bits per heavy atom. The Hall–Kier alpha value is -2.61. The number of rotatable bonds is 39. The lowest BCUT2D eigenvalue weighted by molar-refractivity contribution is -0.124. The minimum absolute atomic E-state index is 0.00786. The predicted molar refractivity (Wildman–Crippen MR) is 285 cm³/mol. The van der Waals surface area contributed by atoms with Crippen molar-refractivity contribution in [2.24, 2.45) is 0 Å². The molecule has 24 heteroatoms. The van der Waals surface area contributed by atoms with Crippen LogP contribution >= 0.6 is 22.8 Å². The van der Waals surface area contributed by atoms with Gasteiger partial charge in [-0.3, -0.25) is 52.5 Å². The van der Waals surface area contributed by atoms with Crippen LogP contribution in [-0.4, -0.2) is 185 Å². The zero-order valence-electron chi connectivity index (χ0n) is 45.0. The van der Waals surface area contributed by atoms with Crippen molar-refractivity contribution in [3.05, 3.63) is 29.8 Å². The van der Waals surface area contributed by atoms with E-state index in [2.05, 4.69) is 16.0 Å². The lowest BCUT2D eigenvalue weighted by atomic mass is 10.1. The number of carbonyl (C=O) groups is 4. The molecule has 0 aromatic heterocycles. The number of ketones is 1. The van der Waals surface area contributed by atoms with Gasteiger partial charge in [-0.15, -0.1) is 0 Å². The van der Waals surface area contributed by atoms with Crippen molar-refractivity contribution in [3.8, 4) is 5.75 Å². The number of unbranched alkanes of at least 4 members (excludes halogenated alkanes) is 6. The molecule has 0 atom stereocenters. The van der Waals surface area contributed by atoms with Crippen LogP contribution in [0.3, 0.4) is 0 Å². The van der Waals surface area contributed by atoms with Crippen molar-refractivity contribution in [2.45, 2.75) is 119 Å². The molecule has 422 valence electrons. The number of Topliss-reactive ketones (excluding diaryl/α,β-unsaturated/α-hetero) is 1. The Labute approximate surface area is 436 Å². The van der Waals surface area contributed by atoms with Gasteiger partial charge in [0.05, 0.1) is 65.8 Å². The summed E-state index contributed by atoms with van der Waals surface area (Å²) in [6, 6.07) is 6.00. The second kappa shape index (κ2) is 38.9. The molecule has 0 unspecified atom stereocenters. The monoisotopic (exact) mass is 1100 g/mol. The highest BCUT2D eigenvalue weighted by atomic mass is 31.2. The molecule has 73 heavy (non-hydrogen) atoms. The summed E-state index contributed by atoms with van der Waals surface area (Å²) in [7, 11) is -11.0. The molecule has 0 bridgehead atoms. The lowest BCUT2D eigenvalue weighted by Crippen LogP contribution is -2.51. The summed E-state index contributed by atoms with van der Waals surface area (Å²) in [4.78, 5) is 62.4. The first kappa shape index (κ1) is 66.5. The standard InChI is InChI=1S/C49H92N7O14P3/c1-7-13-31-65-71(62,66-32-14-8-2)41-50-47(59)38-54-25-23-53(37-46(58)44-19-21-45(57)22-20-44)24-26-55(39-48(60)51-42-72(63,67-33-15-9-3)68-34-16-10-4)28-30-56(29-27-54)40-49(61)52-43-73(64,69-35-17-11-5)70-36-18-12-6/h19-22,57H,7-18,23-43H2,1-6H3,(H,50,59)(H,51,60)(H,52,61). The second-order valence-corrected chi connectivity index (χ2v) is 24.5. The number of phenols is 1. The highest BCUT2D eigenvalue weighted by Crippen LogP contribution is 2.49. The van der Waals surface area contributed by atoms with E-state index in [1.54, 1.807) is 12.1 Å². The van der Waals surface area contributed by atoms with E-state index < -0.39 is 40.5 Å². The number of nitrogens with zero attached hydrogens (tertiary/aromatic N) is 4. The summed E-state index contributed by atoms with van der Waals surface area (Å²) in [5.41, 5.74) is 0.403. The highest BCUT2D eigenvalue weighted by molar-refractivity contribution is 7.54. The molecule has 4 N–H and O–H groups in total. The average Bonchev–Trinajstić information content (AvgIpc) is 3.36. The summed E-state index contributed by atoms with van der Waals surface area (Å²) in [5, 5.41) is 18.2. The number of hydrogen-bond donors (Lipinski definition) is 4. The van der Waals surface area contributed by atoms with E-state index in [0.717, 1.165) is 38.5 Å². The summed E-state index contributed by atoms with van der Waals surface area (Å²) >= 11 is 0. The van der Waals surface area contributed by atoms with Crippen LogP contribution in [0.1, 0.15) is 129 Å². The van der Waals surface area contributed by atoms with Crippen molar-refractivity contribution >= 4 is 46.3 Å². The Morgan fingerprint density at radius 2 is 0.658 bits per heavy atom. The normalized spacial score (nSPS) is 15.4. The third kappa shape index (κ3) is 30.7. The zero-order valence-corrected chi connectivity index (χ0v) is 47.7. The van der Waals surface area contributed by atoms with E-state index in [1.807, 2.05) is 61.1 Å². The van der Waals surface area contributed by atoms with Crippen LogP contribution in [0.5, 0.6) is 5.75 Å².